The third kappa shape index (κ3) is 5.02. The van der Waals surface area contributed by atoms with E-state index in [4.69, 9.17) is 14.4 Å². The molecule has 2 bridgehead atoms. The molecule has 6 atom stereocenters. The highest BCUT2D eigenvalue weighted by atomic mass is 16.7. The number of carbonyl (C=O) groups is 2. The van der Waals surface area contributed by atoms with Gasteiger partial charge in [0.25, 0.3) is 11.8 Å². The van der Waals surface area contributed by atoms with Gasteiger partial charge in [-0.3, -0.25) is 24.2 Å². The lowest BCUT2D eigenvalue weighted by Crippen LogP contribution is -2.81. The fourth-order valence-electron chi connectivity index (χ4n) is 9.72. The molecular weight excluding hydrogens is 634 g/mol. The molecule has 2 heterocycles. The Morgan fingerprint density at radius 1 is 0.880 bits per heavy atom. The van der Waals surface area contributed by atoms with Gasteiger partial charge in [-0.15, -0.1) is 0 Å². The van der Waals surface area contributed by atoms with Gasteiger partial charge in [-0.05, 0) is 94.0 Å². The second-order valence-electron chi connectivity index (χ2n) is 14.5. The predicted molar refractivity (Wildman–Crippen MR) is 186 cm³/mol. The summed E-state index contributed by atoms with van der Waals surface area (Å²) in [5.41, 5.74) is 2.07. The molecule has 10 nitrogen and oxygen atoms in total. The summed E-state index contributed by atoms with van der Waals surface area (Å²) in [5.74, 6) is 0.137. The zero-order valence-electron chi connectivity index (χ0n) is 28.9. The van der Waals surface area contributed by atoms with Crippen molar-refractivity contribution in [2.75, 3.05) is 31.4 Å². The Hall–Kier alpha value is -3.80. The summed E-state index contributed by atoms with van der Waals surface area (Å²) in [6, 6.07) is 21.8. The Balaban J connectivity index is 1.29. The number of carbonyl (C=O) groups excluding carboxylic acids is 2. The Bertz CT molecular complexity index is 1740. The van der Waals surface area contributed by atoms with Gasteiger partial charge >= 0.3 is 0 Å². The number of nitrogens with zero attached hydrogens (tertiary/aromatic N) is 3. The van der Waals surface area contributed by atoms with Crippen LogP contribution in [0.2, 0.25) is 0 Å². The minimum atomic E-state index is -1.44. The number of ether oxygens (including phenoxy) is 1. The lowest BCUT2D eigenvalue weighted by Gasteiger charge is -2.67. The van der Waals surface area contributed by atoms with E-state index in [0.717, 1.165) is 43.5 Å². The van der Waals surface area contributed by atoms with Gasteiger partial charge < -0.3 is 14.9 Å². The van der Waals surface area contributed by atoms with E-state index in [-0.39, 0.29) is 25.4 Å². The lowest BCUT2D eigenvalue weighted by molar-refractivity contribution is -0.279. The number of aliphatic hydroxyl groups is 2. The molecule has 3 aromatic rings. The first-order chi connectivity index (χ1) is 24.4. The van der Waals surface area contributed by atoms with Crippen molar-refractivity contribution in [1.29, 1.82) is 0 Å². The number of amides is 2. The van der Waals surface area contributed by atoms with Gasteiger partial charge in [0.15, 0.2) is 12.2 Å². The van der Waals surface area contributed by atoms with Crippen molar-refractivity contribution in [3.05, 3.63) is 95.1 Å². The average Bonchev–Trinajstić information content (AvgIpc) is 3.91. The molecular formula is C40H47N3O7. The van der Waals surface area contributed by atoms with E-state index in [2.05, 4.69) is 11.0 Å². The highest BCUT2D eigenvalue weighted by Gasteiger charge is 2.75. The second kappa shape index (κ2) is 13.1. The lowest BCUT2D eigenvalue weighted by atomic mass is 9.47. The van der Waals surface area contributed by atoms with Crippen LogP contribution in [0.1, 0.15) is 86.8 Å². The smallest absolute Gasteiger partial charge is 0.284 e. The third-order valence-corrected chi connectivity index (χ3v) is 11.9. The van der Waals surface area contributed by atoms with Gasteiger partial charge in [-0.25, -0.2) is 5.06 Å². The third-order valence-electron chi connectivity index (χ3n) is 11.9. The van der Waals surface area contributed by atoms with Crippen LogP contribution < -0.4 is 9.80 Å². The van der Waals surface area contributed by atoms with Crippen molar-refractivity contribution in [2.45, 2.75) is 94.1 Å². The molecule has 3 aromatic carbocycles. The van der Waals surface area contributed by atoms with Crippen LogP contribution in [0.15, 0.2) is 72.8 Å². The summed E-state index contributed by atoms with van der Waals surface area (Å²) in [6.45, 7) is 5.97. The maximum absolute atomic E-state index is 14.7. The van der Waals surface area contributed by atoms with Crippen molar-refractivity contribution < 1.29 is 34.2 Å². The molecule has 264 valence electrons. The van der Waals surface area contributed by atoms with E-state index in [1.54, 1.807) is 48.4 Å². The summed E-state index contributed by atoms with van der Waals surface area (Å²) in [7, 11) is 0. The largest absolute Gasteiger partial charge is 0.487 e. The van der Waals surface area contributed by atoms with Crippen molar-refractivity contribution >= 4 is 17.5 Å². The number of piperidine rings is 1. The predicted octanol–water partition coefficient (Wildman–Crippen LogP) is 5.18. The number of benzene rings is 3. The van der Waals surface area contributed by atoms with Gasteiger partial charge in [-0.2, -0.15) is 5.06 Å². The highest BCUT2D eigenvalue weighted by Crippen LogP contribution is 2.67. The number of anilines is 1. The van der Waals surface area contributed by atoms with Crippen LogP contribution in [0.25, 0.3) is 0 Å². The number of likely N-dealkylation sites (tertiary alicyclic amines) is 1. The fourth-order valence-corrected chi connectivity index (χ4v) is 9.72. The van der Waals surface area contributed by atoms with E-state index < -0.39 is 35.0 Å². The van der Waals surface area contributed by atoms with Crippen molar-refractivity contribution in [3.8, 4) is 5.75 Å². The van der Waals surface area contributed by atoms with Crippen LogP contribution in [-0.2, 0) is 31.1 Å². The maximum atomic E-state index is 14.7. The molecule has 50 heavy (non-hydrogen) atoms. The van der Waals surface area contributed by atoms with Crippen molar-refractivity contribution in [1.82, 2.24) is 9.96 Å². The first-order valence-electron chi connectivity index (χ1n) is 18.3. The zero-order chi connectivity index (χ0) is 34.6. The fraction of sp³-hybridized carbons (Fsp3) is 0.500. The summed E-state index contributed by atoms with van der Waals surface area (Å²) >= 11 is 0. The van der Waals surface area contributed by atoms with Gasteiger partial charge in [0.1, 0.15) is 17.5 Å². The number of hydrogen-bond donors (Lipinski definition) is 2. The van der Waals surface area contributed by atoms with Crippen molar-refractivity contribution in [3.63, 3.8) is 0 Å². The van der Waals surface area contributed by atoms with E-state index in [1.807, 2.05) is 37.3 Å². The SMILES string of the molecule is CCON(C(=O)[C@H](O)c1ccccc1)c1ccc2c3c1OC1CCC[C@@]4(N(OCC)C(=O)[C@H](O)c5ccccc5)[C@@H](C2)N(CC2CC2)CC[C@]314. The summed E-state index contributed by atoms with van der Waals surface area (Å²) < 4.78 is 7.05. The molecule has 1 unspecified atom stereocenters. The van der Waals surface area contributed by atoms with Crippen LogP contribution in [0.3, 0.4) is 0 Å². The van der Waals surface area contributed by atoms with Crippen LogP contribution in [0.5, 0.6) is 5.75 Å². The average molecular weight is 682 g/mol. The second-order valence-corrected chi connectivity index (χ2v) is 14.5. The number of aliphatic hydroxyl groups excluding tert-OH is 2. The standard InChI is InChI=1S/C40H47N3O7/c1-3-48-42(37(46)34(44)27-12-7-5-8-13-27)30-20-19-29-24-31-40(43(49-4-2)38(47)35(45)28-14-9-6-10-15-28)21-11-16-32-39(40,33(29)36(30)50-32)22-23-41(31)25-26-17-18-26/h5-10,12-15,19-20,26,31-32,34-35,44-45H,3-4,11,16-18,21-25H2,1-2H3/t31-,32?,34-,35-,39-,40-/m1/s1. The Kier molecular flexibility index (Phi) is 8.72. The van der Waals surface area contributed by atoms with E-state index in [0.29, 0.717) is 41.3 Å². The van der Waals surface area contributed by atoms with Crippen LogP contribution in [0, 0.1) is 5.92 Å². The minimum Gasteiger partial charge on any atom is -0.487 e. The first kappa shape index (κ1) is 33.3. The van der Waals surface area contributed by atoms with Gasteiger partial charge in [0.2, 0.25) is 0 Å². The molecule has 2 saturated carbocycles. The molecule has 1 saturated heterocycles. The molecule has 0 radical (unpaired) electrons. The molecule has 0 aromatic heterocycles. The Labute approximate surface area is 293 Å². The van der Waals surface area contributed by atoms with Gasteiger partial charge in [0.05, 0.1) is 24.2 Å². The van der Waals surface area contributed by atoms with Crippen LogP contribution in [-0.4, -0.2) is 76.0 Å². The van der Waals surface area contributed by atoms with E-state index in [1.165, 1.54) is 17.9 Å². The molecule has 2 N–H and O–H groups in total. The molecule has 2 amide bonds. The van der Waals surface area contributed by atoms with Crippen LogP contribution in [0.4, 0.5) is 5.69 Å². The number of rotatable bonds is 12. The monoisotopic (exact) mass is 681 g/mol. The molecule has 5 aliphatic rings. The highest BCUT2D eigenvalue weighted by molar-refractivity contribution is 5.97. The Morgan fingerprint density at radius 2 is 1.54 bits per heavy atom. The minimum absolute atomic E-state index is 0.0597. The molecule has 1 spiro atoms. The van der Waals surface area contributed by atoms with E-state index >= 15 is 0 Å². The maximum Gasteiger partial charge on any atom is 0.284 e. The zero-order valence-corrected chi connectivity index (χ0v) is 28.9. The summed E-state index contributed by atoms with van der Waals surface area (Å²) in [6.07, 6.45) is 2.97. The topological polar surface area (TPSA) is 112 Å². The van der Waals surface area contributed by atoms with E-state index in [9.17, 15) is 19.8 Å². The van der Waals surface area contributed by atoms with Crippen LogP contribution >= 0.6 is 0 Å². The molecule has 10 heteroatoms. The normalized spacial score (nSPS) is 27.5. The molecule has 8 rings (SSSR count). The van der Waals surface area contributed by atoms with Crippen molar-refractivity contribution in [2.24, 2.45) is 5.92 Å². The Morgan fingerprint density at radius 3 is 2.18 bits per heavy atom. The quantitative estimate of drug-likeness (QED) is 0.252. The molecule has 3 fully saturated rings. The number of hydroxylamine groups is 3. The first-order valence-corrected chi connectivity index (χ1v) is 18.3. The van der Waals surface area contributed by atoms with Gasteiger partial charge in [-0.1, -0.05) is 66.7 Å². The molecule has 2 aliphatic heterocycles. The summed E-state index contributed by atoms with van der Waals surface area (Å²) in [4.78, 5) is 43.8. The van der Waals surface area contributed by atoms with Gasteiger partial charge in [0, 0.05) is 18.2 Å². The summed E-state index contributed by atoms with van der Waals surface area (Å²) in [5, 5.41) is 25.7. The number of hydrogen-bond acceptors (Lipinski definition) is 8. The molecule has 3 aliphatic carbocycles.